The monoisotopic (exact) mass is 371 g/mol. The van der Waals surface area contributed by atoms with Crippen LogP contribution >= 0.6 is 0 Å². The summed E-state index contributed by atoms with van der Waals surface area (Å²) in [5.41, 5.74) is 4.87. The van der Waals surface area contributed by atoms with E-state index in [2.05, 4.69) is 17.4 Å². The molecule has 0 radical (unpaired) electrons. The molecule has 0 atom stereocenters. The van der Waals surface area contributed by atoms with Crippen LogP contribution in [0.1, 0.15) is 41.1 Å². The molecule has 0 saturated carbocycles. The van der Waals surface area contributed by atoms with Crippen LogP contribution in [0, 0.1) is 0 Å². The van der Waals surface area contributed by atoms with Crippen LogP contribution in [0.4, 0.5) is 0 Å². The topological polar surface area (TPSA) is 38.3 Å². The zero-order chi connectivity index (χ0) is 19.2. The molecule has 3 nitrogen and oxygen atoms in total. The number of benzene rings is 3. The van der Waals surface area contributed by atoms with E-state index in [0.717, 1.165) is 29.7 Å². The van der Waals surface area contributed by atoms with Crippen LogP contribution < -0.4 is 10.1 Å². The molecule has 0 bridgehead atoms. The minimum atomic E-state index is -0.193. The van der Waals surface area contributed by atoms with E-state index in [9.17, 15) is 4.79 Å². The third kappa shape index (κ3) is 4.42. The van der Waals surface area contributed by atoms with E-state index in [1.54, 1.807) is 0 Å². The van der Waals surface area contributed by atoms with Gasteiger partial charge in [0.25, 0.3) is 5.91 Å². The lowest BCUT2D eigenvalue weighted by molar-refractivity contribution is -0.123. The molecule has 0 fully saturated rings. The Morgan fingerprint density at radius 1 is 0.821 bits per heavy atom. The molecule has 3 heteroatoms. The van der Waals surface area contributed by atoms with Gasteiger partial charge in [-0.1, -0.05) is 66.7 Å². The molecular weight excluding hydrogens is 346 g/mol. The first-order valence-corrected chi connectivity index (χ1v) is 9.93. The van der Waals surface area contributed by atoms with Gasteiger partial charge >= 0.3 is 0 Å². The largest absolute Gasteiger partial charge is 0.484 e. The van der Waals surface area contributed by atoms with Crippen molar-refractivity contribution in [3.8, 4) is 5.75 Å². The Kier molecular flexibility index (Phi) is 5.72. The smallest absolute Gasteiger partial charge is 0.258 e. The zero-order valence-electron chi connectivity index (χ0n) is 15.9. The molecular formula is C25H25NO2. The van der Waals surface area contributed by atoms with Gasteiger partial charge in [0.2, 0.25) is 0 Å². The number of ether oxygens (including phenoxy) is 1. The summed E-state index contributed by atoms with van der Waals surface area (Å²) in [6.07, 6.45) is 4.73. The Morgan fingerprint density at radius 3 is 2.07 bits per heavy atom. The van der Waals surface area contributed by atoms with Crippen LogP contribution in [0.3, 0.4) is 0 Å². The van der Waals surface area contributed by atoms with Gasteiger partial charge in [-0.25, -0.2) is 0 Å². The molecule has 4 rings (SSSR count). The molecule has 0 saturated heterocycles. The average Bonchev–Trinajstić information content (AvgIpc) is 2.77. The summed E-state index contributed by atoms with van der Waals surface area (Å²) in [5.74, 6) is 0.641. The molecule has 1 amide bonds. The minimum Gasteiger partial charge on any atom is -0.484 e. The molecule has 0 unspecified atom stereocenters. The Hall–Kier alpha value is -3.07. The maximum Gasteiger partial charge on any atom is 0.258 e. The van der Waals surface area contributed by atoms with E-state index in [1.165, 1.54) is 24.0 Å². The Balaban J connectivity index is 1.43. The third-order valence-electron chi connectivity index (χ3n) is 5.26. The predicted octanol–water partition coefficient (Wildman–Crippen LogP) is 4.85. The van der Waals surface area contributed by atoms with Gasteiger partial charge in [-0.2, -0.15) is 0 Å². The summed E-state index contributed by atoms with van der Waals surface area (Å²) in [5, 5.41) is 3.12. The molecule has 0 aromatic heterocycles. The molecule has 3 aromatic rings. The summed E-state index contributed by atoms with van der Waals surface area (Å²) in [6, 6.07) is 26.0. The van der Waals surface area contributed by atoms with Gasteiger partial charge in [0.15, 0.2) is 6.61 Å². The maximum absolute atomic E-state index is 12.6. The maximum atomic E-state index is 12.6. The van der Waals surface area contributed by atoms with Gasteiger partial charge in [0, 0.05) is 0 Å². The summed E-state index contributed by atoms with van der Waals surface area (Å²) in [4.78, 5) is 12.6. The molecule has 3 aromatic carbocycles. The number of carbonyl (C=O) groups is 1. The molecule has 1 aliphatic carbocycles. The van der Waals surface area contributed by atoms with Gasteiger partial charge in [-0.3, -0.25) is 4.79 Å². The average molecular weight is 371 g/mol. The normalized spacial score (nSPS) is 13.0. The van der Waals surface area contributed by atoms with Crippen molar-refractivity contribution in [3.05, 3.63) is 101 Å². The van der Waals surface area contributed by atoms with Gasteiger partial charge in [-0.15, -0.1) is 0 Å². The highest BCUT2D eigenvalue weighted by molar-refractivity contribution is 5.78. The van der Waals surface area contributed by atoms with Crippen LogP contribution in [0.2, 0.25) is 0 Å². The van der Waals surface area contributed by atoms with Crippen molar-refractivity contribution in [3.63, 3.8) is 0 Å². The van der Waals surface area contributed by atoms with E-state index in [-0.39, 0.29) is 18.6 Å². The van der Waals surface area contributed by atoms with Gasteiger partial charge in [-0.05, 0) is 60.1 Å². The van der Waals surface area contributed by atoms with Crippen molar-refractivity contribution in [1.82, 2.24) is 5.32 Å². The van der Waals surface area contributed by atoms with Crippen molar-refractivity contribution in [2.45, 2.75) is 31.7 Å². The van der Waals surface area contributed by atoms with Crippen LogP contribution in [0.15, 0.2) is 78.9 Å². The number of rotatable bonds is 6. The number of carbonyl (C=O) groups excluding carboxylic acids is 1. The SMILES string of the molecule is O=C(COc1ccc2c(c1)CCCC2)NC(c1ccccc1)c1ccccc1. The highest BCUT2D eigenvalue weighted by Crippen LogP contribution is 2.25. The van der Waals surface area contributed by atoms with Crippen molar-refractivity contribution < 1.29 is 9.53 Å². The summed E-state index contributed by atoms with van der Waals surface area (Å²) < 4.78 is 5.79. The van der Waals surface area contributed by atoms with Crippen molar-refractivity contribution in [2.75, 3.05) is 6.61 Å². The number of hydrogen-bond donors (Lipinski definition) is 1. The van der Waals surface area contributed by atoms with Crippen molar-refractivity contribution in [1.29, 1.82) is 0 Å². The number of fused-ring (bicyclic) bond motifs is 1. The van der Waals surface area contributed by atoms with Crippen LogP contribution in [-0.4, -0.2) is 12.5 Å². The second kappa shape index (κ2) is 8.75. The molecule has 0 heterocycles. The molecule has 1 N–H and O–H groups in total. The fraction of sp³-hybridized carbons (Fsp3) is 0.240. The number of amides is 1. The van der Waals surface area contributed by atoms with Gasteiger partial charge in [0.05, 0.1) is 6.04 Å². The second-order valence-electron chi connectivity index (χ2n) is 7.25. The summed E-state index contributed by atoms with van der Waals surface area (Å²) in [7, 11) is 0. The molecule has 1 aliphatic rings. The van der Waals surface area contributed by atoms with Crippen LogP contribution in [-0.2, 0) is 17.6 Å². The summed E-state index contributed by atoms with van der Waals surface area (Å²) >= 11 is 0. The fourth-order valence-electron chi connectivity index (χ4n) is 3.80. The third-order valence-corrected chi connectivity index (χ3v) is 5.26. The first kappa shape index (κ1) is 18.3. The van der Waals surface area contributed by atoms with Gasteiger partial charge < -0.3 is 10.1 Å². The van der Waals surface area contributed by atoms with E-state index < -0.39 is 0 Å². The van der Waals surface area contributed by atoms with E-state index in [0.29, 0.717) is 0 Å². The lowest BCUT2D eigenvalue weighted by Crippen LogP contribution is -2.33. The predicted molar refractivity (Wildman–Crippen MR) is 111 cm³/mol. The standard InChI is InChI=1S/C25H25NO2/c27-24(18-28-23-16-15-19-9-7-8-14-22(19)17-23)26-25(20-10-3-1-4-11-20)21-12-5-2-6-13-21/h1-6,10-13,15-17,25H,7-9,14,18H2,(H,26,27). The first-order chi connectivity index (χ1) is 13.8. The van der Waals surface area contributed by atoms with Gasteiger partial charge in [0.1, 0.15) is 5.75 Å². The first-order valence-electron chi connectivity index (χ1n) is 9.93. The summed E-state index contributed by atoms with van der Waals surface area (Å²) in [6.45, 7) is 0.00888. The Labute approximate surface area is 166 Å². The molecule has 0 aliphatic heterocycles. The quantitative estimate of drug-likeness (QED) is 0.673. The number of nitrogens with one attached hydrogen (secondary N) is 1. The second-order valence-corrected chi connectivity index (χ2v) is 7.25. The van der Waals surface area contributed by atoms with Crippen LogP contribution in [0.25, 0.3) is 0 Å². The minimum absolute atomic E-state index is 0.00888. The van der Waals surface area contributed by atoms with E-state index >= 15 is 0 Å². The Morgan fingerprint density at radius 2 is 1.43 bits per heavy atom. The van der Waals surface area contributed by atoms with Crippen molar-refractivity contribution >= 4 is 5.91 Å². The van der Waals surface area contributed by atoms with Crippen LogP contribution in [0.5, 0.6) is 5.75 Å². The van der Waals surface area contributed by atoms with E-state index in [1.807, 2.05) is 66.7 Å². The van der Waals surface area contributed by atoms with E-state index in [4.69, 9.17) is 4.74 Å². The highest BCUT2D eigenvalue weighted by Gasteiger charge is 2.17. The lowest BCUT2D eigenvalue weighted by Gasteiger charge is -2.20. The zero-order valence-corrected chi connectivity index (χ0v) is 15.9. The Bertz CT molecular complexity index is 882. The number of aryl methyl sites for hydroxylation is 2. The fourth-order valence-corrected chi connectivity index (χ4v) is 3.80. The number of hydrogen-bond acceptors (Lipinski definition) is 2. The molecule has 0 spiro atoms. The lowest BCUT2D eigenvalue weighted by atomic mass is 9.92. The van der Waals surface area contributed by atoms with Crippen molar-refractivity contribution in [2.24, 2.45) is 0 Å². The molecule has 28 heavy (non-hydrogen) atoms. The highest BCUT2D eigenvalue weighted by atomic mass is 16.5. The molecule has 142 valence electrons.